The van der Waals surface area contributed by atoms with Gasteiger partial charge >= 0.3 is 0 Å². The molecule has 0 unspecified atom stereocenters. The third-order valence-corrected chi connectivity index (χ3v) is 4.40. The van der Waals surface area contributed by atoms with Crippen LogP contribution in [0.25, 0.3) is 0 Å². The van der Waals surface area contributed by atoms with Crippen molar-refractivity contribution in [3.63, 3.8) is 0 Å². The smallest absolute Gasteiger partial charge is 0.251 e. The number of carbonyl (C=O) groups is 1. The number of hydrogen-bond donors (Lipinski definition) is 1. The molecule has 0 aliphatic heterocycles. The van der Waals surface area contributed by atoms with E-state index in [2.05, 4.69) is 5.32 Å². The van der Waals surface area contributed by atoms with E-state index in [-0.39, 0.29) is 11.5 Å². The minimum absolute atomic E-state index is 0.109. The molecule has 0 aliphatic carbocycles. The molecule has 1 N–H and O–H groups in total. The van der Waals surface area contributed by atoms with E-state index < -0.39 is 0 Å². The molecule has 5 nitrogen and oxygen atoms in total. The molecule has 1 aromatic heterocycles. The van der Waals surface area contributed by atoms with Gasteiger partial charge in [0.05, 0.1) is 5.02 Å². The Kier molecular flexibility index (Phi) is 6.87. The maximum atomic E-state index is 12.2. The van der Waals surface area contributed by atoms with Gasteiger partial charge < -0.3 is 14.6 Å². The van der Waals surface area contributed by atoms with Crippen molar-refractivity contribution >= 4 is 17.5 Å². The van der Waals surface area contributed by atoms with E-state index in [1.165, 1.54) is 10.6 Å². The van der Waals surface area contributed by atoms with Crippen LogP contribution >= 0.6 is 11.6 Å². The number of ether oxygens (including phenoxy) is 1. The van der Waals surface area contributed by atoms with Crippen LogP contribution < -0.4 is 15.6 Å². The average Bonchev–Trinajstić information content (AvgIpc) is 2.73. The molecule has 1 amide bonds. The van der Waals surface area contributed by atoms with Crippen LogP contribution in [0.15, 0.2) is 77.7 Å². The lowest BCUT2D eigenvalue weighted by molar-refractivity contribution is 0.0952. The molecule has 0 spiro atoms. The fourth-order valence-electron chi connectivity index (χ4n) is 2.67. The zero-order valence-corrected chi connectivity index (χ0v) is 16.1. The van der Waals surface area contributed by atoms with Crippen LogP contribution in [0.4, 0.5) is 0 Å². The van der Waals surface area contributed by atoms with Gasteiger partial charge in [0.15, 0.2) is 0 Å². The molecule has 6 heteroatoms. The molecule has 0 saturated heterocycles. The third kappa shape index (κ3) is 5.72. The second kappa shape index (κ2) is 9.76. The van der Waals surface area contributed by atoms with Crippen LogP contribution in [0.3, 0.4) is 0 Å². The molecule has 0 fully saturated rings. The molecular weight excluding hydrogens is 376 g/mol. The highest BCUT2D eigenvalue weighted by molar-refractivity contribution is 6.30. The zero-order valence-electron chi connectivity index (χ0n) is 15.3. The Morgan fingerprint density at radius 1 is 1.00 bits per heavy atom. The topological polar surface area (TPSA) is 60.3 Å². The van der Waals surface area contributed by atoms with Crippen LogP contribution in [0.2, 0.25) is 5.02 Å². The van der Waals surface area contributed by atoms with Crippen LogP contribution in [0.1, 0.15) is 22.3 Å². The molecule has 3 rings (SSSR count). The second-order valence-corrected chi connectivity index (χ2v) is 6.72. The van der Waals surface area contributed by atoms with Gasteiger partial charge in [0.25, 0.3) is 11.5 Å². The Labute approximate surface area is 168 Å². The van der Waals surface area contributed by atoms with Crippen LogP contribution in [0.5, 0.6) is 5.75 Å². The number of carbonyl (C=O) groups excluding carboxylic acids is 1. The lowest BCUT2D eigenvalue weighted by atomic mass is 10.2. The summed E-state index contributed by atoms with van der Waals surface area (Å²) in [6.07, 6.45) is 2.23. The van der Waals surface area contributed by atoms with Crippen molar-refractivity contribution in [2.75, 3.05) is 6.54 Å². The lowest BCUT2D eigenvalue weighted by Crippen LogP contribution is -2.26. The number of nitrogens with zero attached hydrogens (tertiary/aromatic N) is 1. The molecule has 144 valence electrons. The summed E-state index contributed by atoms with van der Waals surface area (Å²) in [4.78, 5) is 23.9. The second-order valence-electron chi connectivity index (χ2n) is 6.29. The largest absolute Gasteiger partial charge is 0.489 e. The predicted octanol–water partition coefficient (Wildman–Crippen LogP) is 3.90. The first-order valence-electron chi connectivity index (χ1n) is 9.03. The van der Waals surface area contributed by atoms with E-state index in [1.807, 2.05) is 30.3 Å². The highest BCUT2D eigenvalue weighted by Crippen LogP contribution is 2.14. The first-order valence-corrected chi connectivity index (χ1v) is 9.40. The van der Waals surface area contributed by atoms with Gasteiger partial charge in [0, 0.05) is 30.9 Å². The predicted molar refractivity (Wildman–Crippen MR) is 110 cm³/mol. The summed E-state index contributed by atoms with van der Waals surface area (Å²) in [5.74, 6) is 0.550. The minimum atomic E-state index is -0.159. The van der Waals surface area contributed by atoms with Crippen LogP contribution in [-0.4, -0.2) is 17.0 Å². The van der Waals surface area contributed by atoms with E-state index in [1.54, 1.807) is 36.5 Å². The van der Waals surface area contributed by atoms with E-state index in [9.17, 15) is 9.59 Å². The summed E-state index contributed by atoms with van der Waals surface area (Å²) in [5, 5.41) is 3.36. The molecule has 28 heavy (non-hydrogen) atoms. The average molecular weight is 397 g/mol. The van der Waals surface area contributed by atoms with Crippen molar-refractivity contribution in [2.24, 2.45) is 0 Å². The molecular formula is C22H21ClN2O3. The van der Waals surface area contributed by atoms with Crippen LogP contribution in [0, 0.1) is 0 Å². The molecule has 1 heterocycles. The fourth-order valence-corrected chi connectivity index (χ4v) is 2.85. The molecule has 0 saturated carbocycles. The number of amides is 1. The van der Waals surface area contributed by atoms with Crippen molar-refractivity contribution in [3.8, 4) is 5.75 Å². The summed E-state index contributed by atoms with van der Waals surface area (Å²) >= 11 is 5.89. The maximum Gasteiger partial charge on any atom is 0.251 e. The number of pyridine rings is 1. The SMILES string of the molecule is O=C(NCCCn1cc(Cl)ccc1=O)c1ccc(OCc2ccccc2)cc1. The molecule has 0 aliphatic rings. The van der Waals surface area contributed by atoms with Crippen molar-refractivity contribution in [1.82, 2.24) is 9.88 Å². The number of benzene rings is 2. The minimum Gasteiger partial charge on any atom is -0.489 e. The monoisotopic (exact) mass is 396 g/mol. The molecule has 0 bridgehead atoms. The van der Waals surface area contributed by atoms with E-state index >= 15 is 0 Å². The number of hydrogen-bond acceptors (Lipinski definition) is 3. The standard InChI is InChI=1S/C22H21ClN2O3/c23-19-9-12-21(26)25(15-19)14-4-13-24-22(27)18-7-10-20(11-8-18)28-16-17-5-2-1-3-6-17/h1-3,5-12,15H,4,13-14,16H2,(H,24,27). The normalized spacial score (nSPS) is 10.5. The van der Waals surface area contributed by atoms with E-state index in [0.29, 0.717) is 42.5 Å². The van der Waals surface area contributed by atoms with E-state index in [4.69, 9.17) is 16.3 Å². The van der Waals surface area contributed by atoms with Gasteiger partial charge in [0.2, 0.25) is 0 Å². The van der Waals surface area contributed by atoms with Gasteiger partial charge in [-0.05, 0) is 42.3 Å². The van der Waals surface area contributed by atoms with Crippen molar-refractivity contribution in [1.29, 1.82) is 0 Å². The van der Waals surface area contributed by atoms with Gasteiger partial charge in [-0.25, -0.2) is 0 Å². The summed E-state index contributed by atoms with van der Waals surface area (Å²) in [6, 6.07) is 19.9. The summed E-state index contributed by atoms with van der Waals surface area (Å²) in [5.41, 5.74) is 1.54. The quantitative estimate of drug-likeness (QED) is 0.587. The number of halogens is 1. The van der Waals surface area contributed by atoms with Gasteiger partial charge in [-0.15, -0.1) is 0 Å². The number of rotatable bonds is 8. The van der Waals surface area contributed by atoms with E-state index in [0.717, 1.165) is 5.56 Å². The Balaban J connectivity index is 1.44. The highest BCUT2D eigenvalue weighted by Gasteiger charge is 2.05. The van der Waals surface area contributed by atoms with Gasteiger partial charge in [0.1, 0.15) is 12.4 Å². The fraction of sp³-hybridized carbons (Fsp3) is 0.182. The number of aromatic nitrogens is 1. The lowest BCUT2D eigenvalue weighted by Gasteiger charge is -2.09. The molecule has 0 atom stereocenters. The summed E-state index contributed by atoms with van der Waals surface area (Å²) in [7, 11) is 0. The zero-order chi connectivity index (χ0) is 19.8. The first kappa shape index (κ1) is 19.7. The Bertz CT molecular complexity index is 969. The molecule has 3 aromatic rings. The first-order chi connectivity index (χ1) is 13.6. The van der Waals surface area contributed by atoms with Gasteiger partial charge in [-0.2, -0.15) is 0 Å². The van der Waals surface area contributed by atoms with Crippen LogP contribution in [-0.2, 0) is 13.2 Å². The van der Waals surface area contributed by atoms with Crippen molar-refractivity contribution in [3.05, 3.63) is 99.4 Å². The highest BCUT2D eigenvalue weighted by atomic mass is 35.5. The Morgan fingerprint density at radius 3 is 2.50 bits per heavy atom. The number of aryl methyl sites for hydroxylation is 1. The number of nitrogens with one attached hydrogen (secondary N) is 1. The summed E-state index contributed by atoms with van der Waals surface area (Å²) < 4.78 is 7.26. The molecule has 0 radical (unpaired) electrons. The van der Waals surface area contributed by atoms with Crippen molar-refractivity contribution < 1.29 is 9.53 Å². The van der Waals surface area contributed by atoms with Gasteiger partial charge in [-0.1, -0.05) is 41.9 Å². The van der Waals surface area contributed by atoms with Gasteiger partial charge in [-0.3, -0.25) is 9.59 Å². The molecule has 2 aromatic carbocycles. The maximum absolute atomic E-state index is 12.2. The summed E-state index contributed by atoms with van der Waals surface area (Å²) in [6.45, 7) is 1.44. The van der Waals surface area contributed by atoms with Crippen molar-refractivity contribution in [2.45, 2.75) is 19.6 Å². The third-order valence-electron chi connectivity index (χ3n) is 4.17. The Morgan fingerprint density at radius 2 is 1.75 bits per heavy atom. The Hall–Kier alpha value is -3.05.